The Labute approximate surface area is 117 Å². The smallest absolute Gasteiger partial charge is 0.323 e. The minimum atomic E-state index is -0.121. The number of aromatic nitrogens is 2. The van der Waals surface area contributed by atoms with Crippen LogP contribution >= 0.6 is 11.3 Å². The van der Waals surface area contributed by atoms with Gasteiger partial charge in [0.2, 0.25) is 5.13 Å². The van der Waals surface area contributed by atoms with E-state index in [1.165, 1.54) is 24.2 Å². The van der Waals surface area contributed by atoms with Crippen molar-refractivity contribution in [1.82, 2.24) is 15.1 Å². The molecule has 0 bridgehead atoms. The highest BCUT2D eigenvalue weighted by Gasteiger charge is 2.31. The van der Waals surface area contributed by atoms with E-state index in [2.05, 4.69) is 22.4 Å². The second kappa shape index (κ2) is 6.81. The monoisotopic (exact) mass is 284 g/mol. The van der Waals surface area contributed by atoms with E-state index in [1.807, 2.05) is 6.92 Å². The van der Waals surface area contributed by atoms with Crippen LogP contribution in [0.5, 0.6) is 0 Å². The average molecular weight is 284 g/mol. The quantitative estimate of drug-likeness (QED) is 0.814. The number of amides is 2. The van der Waals surface area contributed by atoms with Gasteiger partial charge in [-0.3, -0.25) is 5.32 Å². The van der Waals surface area contributed by atoms with Crippen molar-refractivity contribution in [3.05, 3.63) is 5.01 Å². The fraction of sp³-hybridized carbons (Fsp3) is 0.750. The SMILES string of the molecule is CCCCCOC1CN(C(=O)Nc2nnc(C)s2)C1. The Morgan fingerprint density at radius 2 is 2.26 bits per heavy atom. The zero-order valence-electron chi connectivity index (χ0n) is 11.4. The summed E-state index contributed by atoms with van der Waals surface area (Å²) in [6.45, 7) is 6.15. The second-order valence-electron chi connectivity index (χ2n) is 4.66. The molecular weight excluding hydrogens is 264 g/mol. The number of rotatable bonds is 6. The van der Waals surface area contributed by atoms with Gasteiger partial charge in [-0.2, -0.15) is 0 Å². The molecule has 1 aliphatic heterocycles. The molecule has 2 heterocycles. The van der Waals surface area contributed by atoms with Gasteiger partial charge < -0.3 is 9.64 Å². The third-order valence-electron chi connectivity index (χ3n) is 2.98. The Hall–Kier alpha value is -1.21. The highest BCUT2D eigenvalue weighted by atomic mass is 32.1. The highest BCUT2D eigenvalue weighted by molar-refractivity contribution is 7.15. The van der Waals surface area contributed by atoms with Gasteiger partial charge in [0.15, 0.2) is 0 Å². The minimum absolute atomic E-state index is 0.121. The van der Waals surface area contributed by atoms with E-state index in [0.29, 0.717) is 18.2 Å². The van der Waals surface area contributed by atoms with Crippen LogP contribution in [0.4, 0.5) is 9.93 Å². The molecule has 0 radical (unpaired) electrons. The van der Waals surface area contributed by atoms with Crippen LogP contribution in [-0.4, -0.2) is 46.9 Å². The summed E-state index contributed by atoms with van der Waals surface area (Å²) in [5.74, 6) is 0. The Kier molecular flexibility index (Phi) is 5.09. The Bertz CT molecular complexity index is 418. The standard InChI is InChI=1S/C12H20N4O2S/c1-3-4-5-6-18-10-7-16(8-10)12(17)13-11-15-14-9(2)19-11/h10H,3-8H2,1-2H3,(H,13,15,17). The Morgan fingerprint density at radius 3 is 2.89 bits per heavy atom. The molecule has 7 heteroatoms. The van der Waals surface area contributed by atoms with Crippen molar-refractivity contribution in [2.45, 2.75) is 39.2 Å². The zero-order chi connectivity index (χ0) is 13.7. The van der Waals surface area contributed by atoms with Gasteiger partial charge >= 0.3 is 6.03 Å². The summed E-state index contributed by atoms with van der Waals surface area (Å²) in [7, 11) is 0. The summed E-state index contributed by atoms with van der Waals surface area (Å²) in [5, 5.41) is 11.9. The lowest BCUT2D eigenvalue weighted by Crippen LogP contribution is -2.56. The first kappa shape index (κ1) is 14.2. The molecule has 0 unspecified atom stereocenters. The number of hydrogen-bond acceptors (Lipinski definition) is 5. The molecule has 19 heavy (non-hydrogen) atoms. The van der Waals surface area contributed by atoms with Crippen LogP contribution in [0.2, 0.25) is 0 Å². The first-order chi connectivity index (χ1) is 9.19. The summed E-state index contributed by atoms with van der Waals surface area (Å²) in [6.07, 6.45) is 3.69. The van der Waals surface area contributed by atoms with Crippen LogP contribution < -0.4 is 5.32 Å². The maximum atomic E-state index is 11.8. The van der Waals surface area contributed by atoms with Gasteiger partial charge in [0.1, 0.15) is 5.01 Å². The van der Waals surface area contributed by atoms with Crippen LogP contribution in [0.1, 0.15) is 31.2 Å². The van der Waals surface area contributed by atoms with E-state index >= 15 is 0 Å². The van der Waals surface area contributed by atoms with E-state index in [4.69, 9.17) is 4.74 Å². The van der Waals surface area contributed by atoms with Crippen LogP contribution in [0.25, 0.3) is 0 Å². The van der Waals surface area contributed by atoms with Gasteiger partial charge in [-0.25, -0.2) is 4.79 Å². The molecule has 0 atom stereocenters. The van der Waals surface area contributed by atoms with E-state index < -0.39 is 0 Å². The summed E-state index contributed by atoms with van der Waals surface area (Å²) >= 11 is 1.38. The van der Waals surface area contributed by atoms with Crippen molar-refractivity contribution in [3.63, 3.8) is 0 Å². The molecule has 6 nitrogen and oxygen atoms in total. The summed E-state index contributed by atoms with van der Waals surface area (Å²) in [6, 6.07) is -0.121. The Morgan fingerprint density at radius 1 is 1.47 bits per heavy atom. The maximum absolute atomic E-state index is 11.8. The van der Waals surface area contributed by atoms with Crippen LogP contribution in [0, 0.1) is 6.92 Å². The average Bonchev–Trinajstić information content (AvgIpc) is 2.72. The first-order valence-electron chi connectivity index (χ1n) is 6.66. The van der Waals surface area contributed by atoms with Crippen molar-refractivity contribution < 1.29 is 9.53 Å². The normalized spacial score (nSPS) is 15.4. The van der Waals surface area contributed by atoms with Gasteiger partial charge in [-0.15, -0.1) is 10.2 Å². The van der Waals surface area contributed by atoms with Crippen LogP contribution in [0.3, 0.4) is 0 Å². The lowest BCUT2D eigenvalue weighted by Gasteiger charge is -2.38. The third kappa shape index (κ3) is 4.14. The molecule has 0 aromatic carbocycles. The highest BCUT2D eigenvalue weighted by Crippen LogP contribution is 2.17. The number of carbonyl (C=O) groups is 1. The number of likely N-dealkylation sites (tertiary alicyclic amines) is 1. The fourth-order valence-electron chi connectivity index (χ4n) is 1.83. The number of urea groups is 1. The molecule has 1 aromatic rings. The van der Waals surface area contributed by atoms with Gasteiger partial charge in [0.05, 0.1) is 19.2 Å². The number of hydrogen-bond donors (Lipinski definition) is 1. The molecule has 1 aliphatic rings. The third-order valence-corrected chi connectivity index (χ3v) is 3.73. The van der Waals surface area contributed by atoms with E-state index in [-0.39, 0.29) is 12.1 Å². The molecule has 0 aliphatic carbocycles. The fourth-order valence-corrected chi connectivity index (χ4v) is 2.41. The predicted octanol–water partition coefficient (Wildman–Crippen LogP) is 2.27. The van der Waals surface area contributed by atoms with Gasteiger partial charge in [-0.1, -0.05) is 31.1 Å². The number of aryl methyl sites for hydroxylation is 1. The first-order valence-corrected chi connectivity index (χ1v) is 7.48. The van der Waals surface area contributed by atoms with Crippen LogP contribution in [0.15, 0.2) is 0 Å². The number of carbonyl (C=O) groups excluding carboxylic acids is 1. The van der Waals surface area contributed by atoms with Crippen LogP contribution in [-0.2, 0) is 4.74 Å². The summed E-state index contributed by atoms with van der Waals surface area (Å²) < 4.78 is 5.67. The molecule has 0 spiro atoms. The largest absolute Gasteiger partial charge is 0.375 e. The second-order valence-corrected chi connectivity index (χ2v) is 5.84. The molecule has 1 fully saturated rings. The van der Waals surface area contributed by atoms with Gasteiger partial charge in [-0.05, 0) is 13.3 Å². The molecule has 106 valence electrons. The van der Waals surface area contributed by atoms with Crippen molar-refractivity contribution in [1.29, 1.82) is 0 Å². The minimum Gasteiger partial charge on any atom is -0.375 e. The number of unbranched alkanes of at least 4 members (excludes halogenated alkanes) is 2. The maximum Gasteiger partial charge on any atom is 0.323 e. The van der Waals surface area contributed by atoms with Crippen molar-refractivity contribution in [3.8, 4) is 0 Å². The lowest BCUT2D eigenvalue weighted by atomic mass is 10.2. The number of nitrogens with zero attached hydrogens (tertiary/aromatic N) is 3. The molecular formula is C12H20N4O2S. The van der Waals surface area contributed by atoms with Crippen molar-refractivity contribution in [2.75, 3.05) is 25.0 Å². The summed E-state index contributed by atoms with van der Waals surface area (Å²) in [4.78, 5) is 13.5. The topological polar surface area (TPSA) is 67.3 Å². The van der Waals surface area contributed by atoms with E-state index in [9.17, 15) is 4.79 Å². The molecule has 0 saturated carbocycles. The molecule has 2 amide bonds. The molecule has 2 rings (SSSR count). The number of anilines is 1. The predicted molar refractivity (Wildman–Crippen MR) is 74.5 cm³/mol. The van der Waals surface area contributed by atoms with Crippen molar-refractivity contribution in [2.24, 2.45) is 0 Å². The lowest BCUT2D eigenvalue weighted by molar-refractivity contribution is -0.0342. The zero-order valence-corrected chi connectivity index (χ0v) is 12.2. The molecule has 1 N–H and O–H groups in total. The Balaban J connectivity index is 1.62. The molecule has 1 aromatic heterocycles. The van der Waals surface area contributed by atoms with Gasteiger partial charge in [0.25, 0.3) is 0 Å². The van der Waals surface area contributed by atoms with E-state index in [0.717, 1.165) is 18.0 Å². The van der Waals surface area contributed by atoms with E-state index in [1.54, 1.807) is 4.90 Å². The molecule has 1 saturated heterocycles. The summed E-state index contributed by atoms with van der Waals surface area (Å²) in [5.41, 5.74) is 0. The number of nitrogens with one attached hydrogen (secondary N) is 1. The number of ether oxygens (including phenoxy) is 1. The van der Waals surface area contributed by atoms with Gasteiger partial charge in [0, 0.05) is 6.61 Å². The van der Waals surface area contributed by atoms with Crippen molar-refractivity contribution >= 4 is 22.5 Å².